The Kier molecular flexibility index (Phi) is 4.74. The zero-order valence-electron chi connectivity index (χ0n) is 12.4. The van der Waals surface area contributed by atoms with Crippen LogP contribution in [-0.4, -0.2) is 10.5 Å². The Hall–Kier alpha value is -1.87. The van der Waals surface area contributed by atoms with Crippen molar-refractivity contribution in [3.05, 3.63) is 59.9 Å². The summed E-state index contributed by atoms with van der Waals surface area (Å²) in [5, 5.41) is 3.47. The quantitative estimate of drug-likeness (QED) is 0.902. The van der Waals surface area contributed by atoms with E-state index in [9.17, 15) is 0 Å². The number of ether oxygens (including phenoxy) is 1. The van der Waals surface area contributed by atoms with Crippen molar-refractivity contribution in [3.63, 3.8) is 0 Å². The van der Waals surface area contributed by atoms with Crippen LogP contribution < -0.4 is 10.1 Å². The van der Waals surface area contributed by atoms with Crippen LogP contribution in [0.25, 0.3) is 0 Å². The van der Waals surface area contributed by atoms with Crippen molar-refractivity contribution in [2.24, 2.45) is 0 Å². The van der Waals surface area contributed by atoms with E-state index in [1.807, 2.05) is 24.3 Å². The van der Waals surface area contributed by atoms with Crippen molar-refractivity contribution < 1.29 is 4.74 Å². The SMILES string of the molecule is CC(C)(C)NCc1ccncc1OCc1ccccc1. The molecule has 1 aromatic carbocycles. The first-order valence-corrected chi connectivity index (χ1v) is 6.89. The van der Waals surface area contributed by atoms with E-state index in [-0.39, 0.29) is 5.54 Å². The fraction of sp³-hybridized carbons (Fsp3) is 0.353. The van der Waals surface area contributed by atoms with E-state index in [0.29, 0.717) is 6.61 Å². The number of aromatic nitrogens is 1. The third-order valence-electron chi connectivity index (χ3n) is 2.92. The summed E-state index contributed by atoms with van der Waals surface area (Å²) in [4.78, 5) is 4.15. The molecule has 0 saturated heterocycles. The lowest BCUT2D eigenvalue weighted by molar-refractivity contribution is 0.299. The number of benzene rings is 1. The molecule has 1 aromatic heterocycles. The maximum atomic E-state index is 5.89. The number of nitrogens with one attached hydrogen (secondary N) is 1. The summed E-state index contributed by atoms with van der Waals surface area (Å²) in [6.07, 6.45) is 3.58. The van der Waals surface area contributed by atoms with Crippen molar-refractivity contribution in [1.29, 1.82) is 0 Å². The van der Waals surface area contributed by atoms with Gasteiger partial charge >= 0.3 is 0 Å². The summed E-state index contributed by atoms with van der Waals surface area (Å²) in [5.41, 5.74) is 2.37. The first-order valence-electron chi connectivity index (χ1n) is 6.89. The third-order valence-corrected chi connectivity index (χ3v) is 2.92. The molecule has 20 heavy (non-hydrogen) atoms. The van der Waals surface area contributed by atoms with Crippen molar-refractivity contribution >= 4 is 0 Å². The predicted octanol–water partition coefficient (Wildman–Crippen LogP) is 3.55. The molecular weight excluding hydrogens is 248 g/mol. The Labute approximate surface area is 121 Å². The van der Waals surface area contributed by atoms with Gasteiger partial charge in [0.05, 0.1) is 6.20 Å². The Bertz CT molecular complexity index is 532. The van der Waals surface area contributed by atoms with E-state index in [2.05, 4.69) is 43.2 Å². The summed E-state index contributed by atoms with van der Waals surface area (Å²) in [6.45, 7) is 7.79. The van der Waals surface area contributed by atoms with Crippen LogP contribution in [0.4, 0.5) is 0 Å². The van der Waals surface area contributed by atoms with Crippen molar-refractivity contribution in [2.75, 3.05) is 0 Å². The summed E-state index contributed by atoms with van der Waals surface area (Å²) in [7, 11) is 0. The molecule has 0 amide bonds. The van der Waals surface area contributed by atoms with Crippen LogP contribution in [-0.2, 0) is 13.2 Å². The Morgan fingerprint density at radius 3 is 2.55 bits per heavy atom. The molecule has 0 fully saturated rings. The second-order valence-corrected chi connectivity index (χ2v) is 5.86. The average Bonchev–Trinajstić information content (AvgIpc) is 2.44. The van der Waals surface area contributed by atoms with Gasteiger partial charge in [-0.05, 0) is 32.4 Å². The zero-order valence-corrected chi connectivity index (χ0v) is 12.4. The minimum absolute atomic E-state index is 0.0833. The van der Waals surface area contributed by atoms with Crippen molar-refractivity contribution in [2.45, 2.75) is 39.5 Å². The molecule has 1 N–H and O–H groups in total. The van der Waals surface area contributed by atoms with Gasteiger partial charge in [0, 0.05) is 23.8 Å². The van der Waals surface area contributed by atoms with E-state index in [4.69, 9.17) is 4.74 Å². The van der Waals surface area contributed by atoms with Gasteiger partial charge in [-0.25, -0.2) is 0 Å². The van der Waals surface area contributed by atoms with Crippen LogP contribution in [0.1, 0.15) is 31.9 Å². The van der Waals surface area contributed by atoms with Crippen LogP contribution in [0.2, 0.25) is 0 Å². The lowest BCUT2D eigenvalue weighted by Gasteiger charge is -2.21. The zero-order chi connectivity index (χ0) is 14.4. The molecule has 0 radical (unpaired) electrons. The van der Waals surface area contributed by atoms with Gasteiger partial charge in [0.2, 0.25) is 0 Å². The van der Waals surface area contributed by atoms with Crippen molar-refractivity contribution in [3.8, 4) is 5.75 Å². The van der Waals surface area contributed by atoms with Crippen LogP contribution >= 0.6 is 0 Å². The van der Waals surface area contributed by atoms with E-state index in [1.165, 1.54) is 0 Å². The van der Waals surface area contributed by atoms with Gasteiger partial charge in [-0.3, -0.25) is 4.98 Å². The van der Waals surface area contributed by atoms with Gasteiger partial charge in [0.15, 0.2) is 0 Å². The van der Waals surface area contributed by atoms with E-state index in [1.54, 1.807) is 12.4 Å². The molecule has 0 aliphatic carbocycles. The monoisotopic (exact) mass is 270 g/mol. The molecule has 3 nitrogen and oxygen atoms in total. The van der Waals surface area contributed by atoms with Gasteiger partial charge in [0.25, 0.3) is 0 Å². The molecule has 0 aliphatic heterocycles. The van der Waals surface area contributed by atoms with Gasteiger partial charge in [-0.2, -0.15) is 0 Å². The number of hydrogen-bond donors (Lipinski definition) is 1. The fourth-order valence-electron chi connectivity index (χ4n) is 1.78. The van der Waals surface area contributed by atoms with Crippen LogP contribution in [0.15, 0.2) is 48.8 Å². The highest BCUT2D eigenvalue weighted by molar-refractivity contribution is 5.30. The molecule has 1 heterocycles. The second kappa shape index (κ2) is 6.53. The summed E-state index contributed by atoms with van der Waals surface area (Å²) in [5.74, 6) is 0.841. The van der Waals surface area contributed by atoms with E-state index in [0.717, 1.165) is 23.4 Å². The molecule has 2 aromatic rings. The minimum atomic E-state index is 0.0833. The first-order chi connectivity index (χ1) is 9.54. The standard InChI is InChI=1S/C17H22N2O/c1-17(2,3)19-11-15-9-10-18-12-16(15)20-13-14-7-5-4-6-8-14/h4-10,12,19H,11,13H2,1-3H3. The normalized spacial score (nSPS) is 11.3. The smallest absolute Gasteiger partial charge is 0.142 e. The molecule has 0 saturated carbocycles. The molecule has 0 aliphatic rings. The molecule has 0 atom stereocenters. The highest BCUT2D eigenvalue weighted by Gasteiger charge is 2.11. The number of nitrogens with zero attached hydrogens (tertiary/aromatic N) is 1. The largest absolute Gasteiger partial charge is 0.487 e. The van der Waals surface area contributed by atoms with Gasteiger partial charge < -0.3 is 10.1 Å². The molecule has 0 bridgehead atoms. The van der Waals surface area contributed by atoms with Crippen LogP contribution in [0.5, 0.6) is 5.75 Å². The molecule has 3 heteroatoms. The molecular formula is C17H22N2O. The second-order valence-electron chi connectivity index (χ2n) is 5.86. The van der Waals surface area contributed by atoms with Gasteiger partial charge in [-0.15, -0.1) is 0 Å². The maximum absolute atomic E-state index is 5.89. The molecule has 0 unspecified atom stereocenters. The lowest BCUT2D eigenvalue weighted by atomic mass is 10.1. The average molecular weight is 270 g/mol. The highest BCUT2D eigenvalue weighted by atomic mass is 16.5. The summed E-state index contributed by atoms with van der Waals surface area (Å²) < 4.78 is 5.89. The Balaban J connectivity index is 2.01. The molecule has 2 rings (SSSR count). The van der Waals surface area contributed by atoms with E-state index >= 15 is 0 Å². The van der Waals surface area contributed by atoms with Crippen LogP contribution in [0, 0.1) is 0 Å². The Morgan fingerprint density at radius 2 is 1.85 bits per heavy atom. The number of rotatable bonds is 5. The van der Waals surface area contributed by atoms with E-state index < -0.39 is 0 Å². The lowest BCUT2D eigenvalue weighted by Crippen LogP contribution is -2.35. The number of pyridine rings is 1. The first kappa shape index (κ1) is 14.5. The number of hydrogen-bond acceptors (Lipinski definition) is 3. The Morgan fingerprint density at radius 1 is 1.10 bits per heavy atom. The van der Waals surface area contributed by atoms with Crippen LogP contribution in [0.3, 0.4) is 0 Å². The topological polar surface area (TPSA) is 34.2 Å². The summed E-state index contributed by atoms with van der Waals surface area (Å²) >= 11 is 0. The maximum Gasteiger partial charge on any atom is 0.142 e. The predicted molar refractivity (Wildman–Crippen MR) is 81.6 cm³/mol. The van der Waals surface area contributed by atoms with Gasteiger partial charge in [-0.1, -0.05) is 30.3 Å². The molecule has 106 valence electrons. The third kappa shape index (κ3) is 4.67. The highest BCUT2D eigenvalue weighted by Crippen LogP contribution is 2.18. The minimum Gasteiger partial charge on any atom is -0.487 e. The van der Waals surface area contributed by atoms with Gasteiger partial charge in [0.1, 0.15) is 12.4 Å². The fourth-order valence-corrected chi connectivity index (χ4v) is 1.78. The summed E-state index contributed by atoms with van der Waals surface area (Å²) in [6, 6.07) is 12.2. The molecule has 0 spiro atoms. The van der Waals surface area contributed by atoms with Crippen molar-refractivity contribution in [1.82, 2.24) is 10.3 Å².